The van der Waals surface area contributed by atoms with Gasteiger partial charge in [-0.1, -0.05) is 6.07 Å². The van der Waals surface area contributed by atoms with Crippen molar-refractivity contribution in [1.82, 2.24) is 0 Å². The highest BCUT2D eigenvalue weighted by molar-refractivity contribution is 5.86. The van der Waals surface area contributed by atoms with E-state index >= 15 is 0 Å². The Hall–Kier alpha value is -3.15. The molecule has 26 heavy (non-hydrogen) atoms. The summed E-state index contributed by atoms with van der Waals surface area (Å²) in [6, 6.07) is 12.1. The second-order valence-electron chi connectivity index (χ2n) is 6.12. The topological polar surface area (TPSA) is 76.6 Å². The zero-order valence-corrected chi connectivity index (χ0v) is 15.0. The first kappa shape index (κ1) is 17.7. The third-order valence-corrected chi connectivity index (χ3v) is 4.49. The third-order valence-electron chi connectivity index (χ3n) is 4.49. The molecule has 0 atom stereocenters. The number of anilines is 1. The van der Waals surface area contributed by atoms with Crippen LogP contribution in [0.1, 0.15) is 19.4 Å². The molecule has 6 heteroatoms. The lowest BCUT2D eigenvalue weighted by atomic mass is 10.0. The van der Waals surface area contributed by atoms with Crippen molar-refractivity contribution in [2.24, 2.45) is 0 Å². The van der Waals surface area contributed by atoms with Crippen LogP contribution in [0.5, 0.6) is 0 Å². The van der Waals surface area contributed by atoms with Crippen LogP contribution >= 0.6 is 0 Å². The Morgan fingerprint density at radius 1 is 1.04 bits per heavy atom. The fourth-order valence-electron chi connectivity index (χ4n) is 3.09. The predicted octanol–water partition coefficient (Wildman–Crippen LogP) is 4.52. The van der Waals surface area contributed by atoms with Crippen LogP contribution in [0.25, 0.3) is 22.1 Å². The van der Waals surface area contributed by atoms with Crippen LogP contribution in [0, 0.1) is 17.0 Å². The second-order valence-corrected chi connectivity index (χ2v) is 6.12. The molecule has 3 aromatic rings. The Balaban J connectivity index is 2.18. The van der Waals surface area contributed by atoms with E-state index in [1.54, 1.807) is 25.1 Å². The van der Waals surface area contributed by atoms with E-state index in [0.29, 0.717) is 5.58 Å². The number of nitrogens with zero attached hydrogens (tertiary/aromatic N) is 2. The number of nitro benzene ring substituents is 1. The van der Waals surface area contributed by atoms with Crippen LogP contribution in [0.4, 0.5) is 11.4 Å². The highest BCUT2D eigenvalue weighted by Gasteiger charge is 2.19. The van der Waals surface area contributed by atoms with Crippen LogP contribution in [-0.4, -0.2) is 18.0 Å². The van der Waals surface area contributed by atoms with Crippen molar-refractivity contribution in [1.29, 1.82) is 0 Å². The summed E-state index contributed by atoms with van der Waals surface area (Å²) in [6.45, 7) is 7.58. The first-order valence-corrected chi connectivity index (χ1v) is 8.52. The minimum atomic E-state index is -0.582. The molecule has 1 heterocycles. The molecule has 0 saturated carbocycles. The lowest BCUT2D eigenvalue weighted by Gasteiger charge is -2.21. The predicted molar refractivity (Wildman–Crippen MR) is 103 cm³/mol. The molecular weight excluding hydrogens is 332 g/mol. The Morgan fingerprint density at radius 3 is 2.42 bits per heavy atom. The van der Waals surface area contributed by atoms with Crippen molar-refractivity contribution in [3.05, 3.63) is 68.6 Å². The van der Waals surface area contributed by atoms with Gasteiger partial charge in [0.1, 0.15) is 5.58 Å². The van der Waals surface area contributed by atoms with Gasteiger partial charge in [0, 0.05) is 36.3 Å². The van der Waals surface area contributed by atoms with Crippen LogP contribution in [-0.2, 0) is 0 Å². The minimum Gasteiger partial charge on any atom is -0.422 e. The summed E-state index contributed by atoms with van der Waals surface area (Å²) >= 11 is 0. The minimum absolute atomic E-state index is 0.101. The summed E-state index contributed by atoms with van der Waals surface area (Å²) in [7, 11) is 0. The number of hydrogen-bond donors (Lipinski definition) is 0. The summed E-state index contributed by atoms with van der Waals surface area (Å²) in [6.07, 6.45) is 0. The fourth-order valence-corrected chi connectivity index (χ4v) is 3.09. The monoisotopic (exact) mass is 352 g/mol. The molecule has 1 aromatic heterocycles. The molecule has 0 saturated heterocycles. The van der Waals surface area contributed by atoms with Crippen LogP contribution < -0.4 is 10.5 Å². The van der Waals surface area contributed by atoms with E-state index in [0.717, 1.165) is 29.7 Å². The van der Waals surface area contributed by atoms with Crippen molar-refractivity contribution in [2.75, 3.05) is 18.0 Å². The van der Waals surface area contributed by atoms with Crippen LogP contribution in [0.3, 0.4) is 0 Å². The van der Waals surface area contributed by atoms with E-state index in [1.807, 2.05) is 18.2 Å². The molecule has 3 rings (SSSR count). The molecule has 0 N–H and O–H groups in total. The number of fused-ring (bicyclic) bond motifs is 1. The van der Waals surface area contributed by atoms with Crippen molar-refractivity contribution in [3.63, 3.8) is 0 Å². The summed E-state index contributed by atoms with van der Waals surface area (Å²) < 4.78 is 5.49. The summed E-state index contributed by atoms with van der Waals surface area (Å²) in [5, 5.41) is 12.1. The quantitative estimate of drug-likeness (QED) is 0.383. The Kier molecular flexibility index (Phi) is 4.75. The first-order valence-electron chi connectivity index (χ1n) is 8.52. The SMILES string of the molecule is CCN(CC)c1ccc2cc(-c3ccc(C)cc3[N+](=O)[O-])c(=O)oc2c1. The van der Waals surface area contributed by atoms with Gasteiger partial charge in [0.2, 0.25) is 0 Å². The smallest absolute Gasteiger partial charge is 0.344 e. The first-order chi connectivity index (χ1) is 12.4. The molecule has 0 radical (unpaired) electrons. The molecule has 6 nitrogen and oxygen atoms in total. The maximum Gasteiger partial charge on any atom is 0.344 e. The van der Waals surface area contributed by atoms with Gasteiger partial charge in [-0.05, 0) is 50.6 Å². The number of nitro groups is 1. The fraction of sp³-hybridized carbons (Fsp3) is 0.250. The molecule has 0 aliphatic heterocycles. The van der Waals surface area contributed by atoms with Crippen molar-refractivity contribution in [2.45, 2.75) is 20.8 Å². The maximum atomic E-state index is 12.5. The lowest BCUT2D eigenvalue weighted by molar-refractivity contribution is -0.384. The van der Waals surface area contributed by atoms with Gasteiger partial charge in [0.25, 0.3) is 5.69 Å². The highest BCUT2D eigenvalue weighted by Crippen LogP contribution is 2.31. The molecule has 2 aromatic carbocycles. The number of aryl methyl sites for hydroxylation is 1. The molecule has 134 valence electrons. The van der Waals surface area contributed by atoms with Crippen molar-refractivity contribution < 1.29 is 9.34 Å². The molecule has 0 spiro atoms. The average Bonchev–Trinajstić information content (AvgIpc) is 2.62. The zero-order valence-electron chi connectivity index (χ0n) is 15.0. The summed E-state index contributed by atoms with van der Waals surface area (Å²) in [5.74, 6) is 0. The Morgan fingerprint density at radius 2 is 1.77 bits per heavy atom. The Bertz CT molecular complexity index is 1040. The van der Waals surface area contributed by atoms with Gasteiger partial charge in [0.15, 0.2) is 0 Å². The van der Waals surface area contributed by atoms with E-state index in [2.05, 4.69) is 18.7 Å². The molecule has 0 fully saturated rings. The molecule has 0 aliphatic carbocycles. The van der Waals surface area contributed by atoms with Gasteiger partial charge >= 0.3 is 5.63 Å². The van der Waals surface area contributed by atoms with Gasteiger partial charge < -0.3 is 9.32 Å². The summed E-state index contributed by atoms with van der Waals surface area (Å²) in [4.78, 5) is 25.6. The molecule has 0 bridgehead atoms. The lowest BCUT2D eigenvalue weighted by Crippen LogP contribution is -2.21. The molecule has 0 unspecified atom stereocenters. The maximum absolute atomic E-state index is 12.5. The van der Waals surface area contributed by atoms with Crippen molar-refractivity contribution >= 4 is 22.3 Å². The van der Waals surface area contributed by atoms with E-state index in [4.69, 9.17) is 4.42 Å². The molecule has 0 amide bonds. The average molecular weight is 352 g/mol. The number of benzene rings is 2. The van der Waals surface area contributed by atoms with Gasteiger partial charge in [-0.25, -0.2) is 4.79 Å². The largest absolute Gasteiger partial charge is 0.422 e. The Labute approximate surface area is 150 Å². The van der Waals surface area contributed by atoms with E-state index < -0.39 is 10.5 Å². The van der Waals surface area contributed by atoms with E-state index in [9.17, 15) is 14.9 Å². The van der Waals surface area contributed by atoms with Gasteiger partial charge in [-0.3, -0.25) is 10.1 Å². The van der Waals surface area contributed by atoms with Gasteiger partial charge in [-0.15, -0.1) is 0 Å². The van der Waals surface area contributed by atoms with Crippen molar-refractivity contribution in [3.8, 4) is 11.1 Å². The second kappa shape index (κ2) is 7.00. The van der Waals surface area contributed by atoms with Gasteiger partial charge in [-0.2, -0.15) is 0 Å². The standard InChI is InChI=1S/C20H20N2O4/c1-4-21(5-2)15-8-7-14-11-17(20(23)26-19(14)12-15)16-9-6-13(3)10-18(16)22(24)25/h6-12H,4-5H2,1-3H3. The van der Waals surface area contributed by atoms with Crippen LogP contribution in [0.15, 0.2) is 51.7 Å². The summed E-state index contributed by atoms with van der Waals surface area (Å²) in [5.41, 5.74) is 1.98. The highest BCUT2D eigenvalue weighted by atomic mass is 16.6. The van der Waals surface area contributed by atoms with E-state index in [1.165, 1.54) is 6.07 Å². The molecular formula is C20H20N2O4. The third kappa shape index (κ3) is 3.18. The van der Waals surface area contributed by atoms with Crippen LogP contribution in [0.2, 0.25) is 0 Å². The number of rotatable bonds is 5. The normalized spacial score (nSPS) is 10.9. The van der Waals surface area contributed by atoms with E-state index in [-0.39, 0.29) is 16.8 Å². The number of hydrogen-bond acceptors (Lipinski definition) is 5. The molecule has 0 aliphatic rings. The van der Waals surface area contributed by atoms with Gasteiger partial charge in [0.05, 0.1) is 16.1 Å². The zero-order chi connectivity index (χ0) is 18.8.